The first-order chi connectivity index (χ1) is 9.24. The number of rotatable bonds is 10. The number of hydrogen-bond acceptors (Lipinski definition) is 1. The van der Waals surface area contributed by atoms with Crippen molar-refractivity contribution in [2.45, 2.75) is 90.4 Å². The molecule has 19 heavy (non-hydrogen) atoms. The zero-order chi connectivity index (χ0) is 13.9. The maximum atomic E-state index is 10.9. The molecule has 112 valence electrons. The van der Waals surface area contributed by atoms with Gasteiger partial charge in [-0.05, 0) is 31.6 Å². The van der Waals surface area contributed by atoms with Crippen molar-refractivity contribution in [2.75, 3.05) is 0 Å². The molecule has 0 aromatic rings. The molecule has 2 nitrogen and oxygen atoms in total. The molecule has 2 heteroatoms. The summed E-state index contributed by atoms with van der Waals surface area (Å²) in [5.74, 6) is 0.191. The fourth-order valence-electron chi connectivity index (χ4n) is 3.26. The maximum Gasteiger partial charge on any atom is 0.306 e. The van der Waals surface area contributed by atoms with Crippen molar-refractivity contribution in [3.05, 3.63) is 0 Å². The van der Waals surface area contributed by atoms with Gasteiger partial charge in [-0.1, -0.05) is 64.7 Å². The average molecular weight is 268 g/mol. The van der Waals surface area contributed by atoms with Gasteiger partial charge < -0.3 is 5.11 Å². The second kappa shape index (κ2) is 10.3. The minimum Gasteiger partial charge on any atom is -0.481 e. The Morgan fingerprint density at radius 3 is 1.95 bits per heavy atom. The largest absolute Gasteiger partial charge is 0.481 e. The molecule has 1 aliphatic rings. The first-order valence-electron chi connectivity index (χ1n) is 8.46. The summed E-state index contributed by atoms with van der Waals surface area (Å²) in [6.07, 6.45) is 16.6. The molecule has 0 aromatic heterocycles. The van der Waals surface area contributed by atoms with Gasteiger partial charge in [0.25, 0.3) is 0 Å². The molecule has 0 amide bonds. The van der Waals surface area contributed by atoms with E-state index in [0.29, 0.717) is 0 Å². The van der Waals surface area contributed by atoms with Gasteiger partial charge >= 0.3 is 5.97 Å². The van der Waals surface area contributed by atoms with Crippen LogP contribution in [0, 0.1) is 11.8 Å². The Bertz CT molecular complexity index is 229. The fourth-order valence-corrected chi connectivity index (χ4v) is 3.26. The summed E-state index contributed by atoms with van der Waals surface area (Å²) < 4.78 is 0. The van der Waals surface area contributed by atoms with Crippen LogP contribution in [0.2, 0.25) is 0 Å². The van der Waals surface area contributed by atoms with Crippen molar-refractivity contribution in [3.63, 3.8) is 0 Å². The molecule has 0 radical (unpaired) electrons. The van der Waals surface area contributed by atoms with E-state index in [4.69, 9.17) is 5.11 Å². The van der Waals surface area contributed by atoms with Crippen LogP contribution < -0.4 is 0 Å². The van der Waals surface area contributed by atoms with Gasteiger partial charge in [0.15, 0.2) is 0 Å². The third-order valence-electron chi connectivity index (χ3n) is 4.66. The zero-order valence-corrected chi connectivity index (χ0v) is 12.7. The predicted molar refractivity (Wildman–Crippen MR) is 80.3 cm³/mol. The predicted octanol–water partition coefficient (Wildman–Crippen LogP) is 5.41. The number of hydrogen-bond donors (Lipinski definition) is 1. The standard InChI is InChI=1S/C17H32O2/c1-2-3-4-5-6-7-8-9-10-15-11-13-16(14-12-15)17(18)19/h15-16H,2-14H2,1H3,(H,18,19). The minimum atomic E-state index is -0.578. The molecule has 0 bridgehead atoms. The molecule has 1 fully saturated rings. The van der Waals surface area contributed by atoms with E-state index in [1.165, 1.54) is 57.8 Å². The number of carboxylic acid groups (broad SMARTS) is 1. The first kappa shape index (κ1) is 16.5. The van der Waals surface area contributed by atoms with Gasteiger partial charge in [0.05, 0.1) is 5.92 Å². The minimum absolute atomic E-state index is 0.0465. The highest BCUT2D eigenvalue weighted by Gasteiger charge is 2.25. The quantitative estimate of drug-likeness (QED) is 0.538. The van der Waals surface area contributed by atoms with E-state index in [1.807, 2.05) is 0 Å². The fraction of sp³-hybridized carbons (Fsp3) is 0.941. The molecule has 0 heterocycles. The van der Waals surface area contributed by atoms with Gasteiger partial charge in [0.1, 0.15) is 0 Å². The normalized spacial score (nSPS) is 23.4. The van der Waals surface area contributed by atoms with Crippen LogP contribution in [0.25, 0.3) is 0 Å². The van der Waals surface area contributed by atoms with Gasteiger partial charge in [-0.15, -0.1) is 0 Å². The highest BCUT2D eigenvalue weighted by atomic mass is 16.4. The Hall–Kier alpha value is -0.530. The summed E-state index contributed by atoms with van der Waals surface area (Å²) in [7, 11) is 0. The van der Waals surface area contributed by atoms with E-state index in [0.717, 1.165) is 31.6 Å². The van der Waals surface area contributed by atoms with Crippen molar-refractivity contribution in [1.29, 1.82) is 0 Å². The van der Waals surface area contributed by atoms with Crippen LogP contribution in [-0.4, -0.2) is 11.1 Å². The van der Waals surface area contributed by atoms with E-state index < -0.39 is 5.97 Å². The summed E-state index contributed by atoms with van der Waals surface area (Å²) in [6.45, 7) is 2.26. The third kappa shape index (κ3) is 7.59. The SMILES string of the molecule is CCCCCCCCCCC1CCC(C(=O)O)CC1. The monoisotopic (exact) mass is 268 g/mol. The zero-order valence-electron chi connectivity index (χ0n) is 12.7. The van der Waals surface area contributed by atoms with Crippen LogP contribution in [0.5, 0.6) is 0 Å². The van der Waals surface area contributed by atoms with Crippen molar-refractivity contribution in [1.82, 2.24) is 0 Å². The lowest BCUT2D eigenvalue weighted by atomic mass is 9.80. The van der Waals surface area contributed by atoms with Crippen molar-refractivity contribution >= 4 is 5.97 Å². The summed E-state index contributed by atoms with van der Waals surface area (Å²) in [4.78, 5) is 10.9. The van der Waals surface area contributed by atoms with Gasteiger partial charge in [-0.25, -0.2) is 0 Å². The molecule has 1 saturated carbocycles. The number of unbranched alkanes of at least 4 members (excludes halogenated alkanes) is 7. The van der Waals surface area contributed by atoms with E-state index >= 15 is 0 Å². The second-order valence-corrected chi connectivity index (χ2v) is 6.32. The summed E-state index contributed by atoms with van der Waals surface area (Å²) in [5, 5.41) is 8.96. The van der Waals surface area contributed by atoms with Crippen LogP contribution in [0.3, 0.4) is 0 Å². The lowest BCUT2D eigenvalue weighted by Crippen LogP contribution is -2.21. The first-order valence-corrected chi connectivity index (χ1v) is 8.46. The molecule has 0 spiro atoms. The average Bonchev–Trinajstić information content (AvgIpc) is 2.42. The maximum absolute atomic E-state index is 10.9. The Labute approximate surface area is 119 Å². The van der Waals surface area contributed by atoms with Crippen LogP contribution in [-0.2, 0) is 4.79 Å². The van der Waals surface area contributed by atoms with Gasteiger partial charge in [-0.2, -0.15) is 0 Å². The summed E-state index contributed by atoms with van der Waals surface area (Å²) >= 11 is 0. The van der Waals surface area contributed by atoms with Crippen molar-refractivity contribution in [3.8, 4) is 0 Å². The molecule has 1 N–H and O–H groups in total. The summed E-state index contributed by atoms with van der Waals surface area (Å²) in [6, 6.07) is 0. The van der Waals surface area contributed by atoms with E-state index in [2.05, 4.69) is 6.92 Å². The molecule has 0 saturated heterocycles. The molecule has 1 rings (SSSR count). The van der Waals surface area contributed by atoms with Crippen molar-refractivity contribution < 1.29 is 9.90 Å². The van der Waals surface area contributed by atoms with Crippen molar-refractivity contribution in [2.24, 2.45) is 11.8 Å². The number of carboxylic acids is 1. The van der Waals surface area contributed by atoms with Gasteiger partial charge in [0.2, 0.25) is 0 Å². The second-order valence-electron chi connectivity index (χ2n) is 6.32. The van der Waals surface area contributed by atoms with E-state index in [1.54, 1.807) is 0 Å². The van der Waals surface area contributed by atoms with Crippen LogP contribution in [0.1, 0.15) is 90.4 Å². The number of aliphatic carboxylic acids is 1. The molecule has 0 aromatic carbocycles. The Morgan fingerprint density at radius 1 is 0.895 bits per heavy atom. The third-order valence-corrected chi connectivity index (χ3v) is 4.66. The lowest BCUT2D eigenvalue weighted by Gasteiger charge is -2.25. The molecular weight excluding hydrogens is 236 g/mol. The van der Waals surface area contributed by atoms with Crippen LogP contribution in [0.15, 0.2) is 0 Å². The summed E-state index contributed by atoms with van der Waals surface area (Å²) in [5.41, 5.74) is 0. The van der Waals surface area contributed by atoms with Gasteiger partial charge in [-0.3, -0.25) is 4.79 Å². The highest BCUT2D eigenvalue weighted by Crippen LogP contribution is 2.32. The molecule has 0 aliphatic heterocycles. The topological polar surface area (TPSA) is 37.3 Å². The van der Waals surface area contributed by atoms with E-state index in [9.17, 15) is 4.79 Å². The van der Waals surface area contributed by atoms with Crippen LogP contribution >= 0.6 is 0 Å². The van der Waals surface area contributed by atoms with Gasteiger partial charge in [0, 0.05) is 0 Å². The highest BCUT2D eigenvalue weighted by molar-refractivity contribution is 5.69. The van der Waals surface area contributed by atoms with Crippen LogP contribution in [0.4, 0.5) is 0 Å². The molecule has 0 unspecified atom stereocenters. The lowest BCUT2D eigenvalue weighted by molar-refractivity contribution is -0.143. The molecule has 1 aliphatic carbocycles. The molecular formula is C17H32O2. The Kier molecular flexibility index (Phi) is 8.94. The smallest absolute Gasteiger partial charge is 0.306 e. The van der Waals surface area contributed by atoms with E-state index in [-0.39, 0.29) is 5.92 Å². The Morgan fingerprint density at radius 2 is 1.42 bits per heavy atom. The molecule has 0 atom stereocenters. The Balaban J connectivity index is 1.89. The number of carbonyl (C=O) groups is 1.